The number of hydrogen-bond acceptors (Lipinski definition) is 6. The van der Waals surface area contributed by atoms with Crippen molar-refractivity contribution in [2.24, 2.45) is 0 Å². The van der Waals surface area contributed by atoms with Crippen LogP contribution in [0.15, 0.2) is 42.5 Å². The third-order valence-electron chi connectivity index (χ3n) is 4.71. The Balaban J connectivity index is 1.93. The summed E-state index contributed by atoms with van der Waals surface area (Å²) >= 11 is 0. The first-order valence-corrected chi connectivity index (χ1v) is 9.31. The number of ether oxygens (including phenoxy) is 1. The molecule has 0 aliphatic rings. The van der Waals surface area contributed by atoms with E-state index in [2.05, 4.69) is 4.98 Å². The zero-order chi connectivity index (χ0) is 21.8. The number of nitro benzene ring substituents is 1. The Morgan fingerprint density at radius 1 is 1.23 bits per heavy atom. The normalized spacial score (nSPS) is 11.1. The smallest absolute Gasteiger partial charge is 0.340 e. The quantitative estimate of drug-likeness (QED) is 0.303. The number of rotatable bonds is 8. The molecule has 8 nitrogen and oxygen atoms in total. The third-order valence-corrected chi connectivity index (χ3v) is 4.71. The molecule has 0 amide bonds. The number of hydrogen-bond donors (Lipinski definition) is 0. The SMILES string of the molecule is CCN(CC)c1ccc([N+](=O)[O-])cc1C(=O)OCc1nc2ccccc2n1C(F)F. The predicted molar refractivity (Wildman–Crippen MR) is 107 cm³/mol. The molecule has 2 aromatic carbocycles. The van der Waals surface area contributed by atoms with Crippen molar-refractivity contribution in [3.8, 4) is 0 Å². The van der Waals surface area contributed by atoms with Gasteiger partial charge < -0.3 is 9.64 Å². The maximum absolute atomic E-state index is 13.5. The van der Waals surface area contributed by atoms with Gasteiger partial charge in [0.1, 0.15) is 6.61 Å². The Morgan fingerprint density at radius 3 is 2.57 bits per heavy atom. The molecule has 3 aromatic rings. The van der Waals surface area contributed by atoms with Crippen molar-refractivity contribution >= 4 is 28.4 Å². The molecule has 0 aliphatic heterocycles. The van der Waals surface area contributed by atoms with Gasteiger partial charge in [0.25, 0.3) is 5.69 Å². The molecule has 158 valence electrons. The van der Waals surface area contributed by atoms with Gasteiger partial charge in [0.2, 0.25) is 0 Å². The van der Waals surface area contributed by atoms with E-state index in [1.54, 1.807) is 18.2 Å². The van der Waals surface area contributed by atoms with Crippen molar-refractivity contribution in [1.82, 2.24) is 9.55 Å². The van der Waals surface area contributed by atoms with Crippen LogP contribution in [0.2, 0.25) is 0 Å². The molecule has 0 aliphatic carbocycles. The number of anilines is 1. The number of alkyl halides is 2. The molecular weight excluding hydrogens is 398 g/mol. The summed E-state index contributed by atoms with van der Waals surface area (Å²) < 4.78 is 33.0. The van der Waals surface area contributed by atoms with Gasteiger partial charge >= 0.3 is 12.5 Å². The summed E-state index contributed by atoms with van der Waals surface area (Å²) in [5.41, 5.74) is 0.768. The first kappa shape index (κ1) is 21.2. The lowest BCUT2D eigenvalue weighted by atomic mass is 10.1. The van der Waals surface area contributed by atoms with E-state index in [0.29, 0.717) is 28.9 Å². The number of halogens is 2. The molecule has 1 aromatic heterocycles. The monoisotopic (exact) mass is 418 g/mol. The lowest BCUT2D eigenvalue weighted by Crippen LogP contribution is -2.24. The molecule has 0 radical (unpaired) electrons. The van der Waals surface area contributed by atoms with E-state index >= 15 is 0 Å². The maximum atomic E-state index is 13.5. The van der Waals surface area contributed by atoms with E-state index < -0.39 is 24.0 Å². The second kappa shape index (κ2) is 8.85. The number of esters is 1. The Bertz CT molecular complexity index is 1080. The predicted octanol–water partition coefficient (Wildman–Crippen LogP) is 4.54. The van der Waals surface area contributed by atoms with Gasteiger partial charge in [-0.05, 0) is 32.0 Å². The number of nitrogens with zero attached hydrogens (tertiary/aromatic N) is 4. The van der Waals surface area contributed by atoms with Crippen molar-refractivity contribution < 1.29 is 23.2 Å². The fourth-order valence-corrected chi connectivity index (χ4v) is 3.26. The number of aromatic nitrogens is 2. The highest BCUT2D eigenvalue weighted by molar-refractivity contribution is 5.96. The van der Waals surface area contributed by atoms with Crippen LogP contribution in [0.3, 0.4) is 0 Å². The van der Waals surface area contributed by atoms with Crippen LogP contribution in [0.4, 0.5) is 20.2 Å². The summed E-state index contributed by atoms with van der Waals surface area (Å²) in [6.45, 7) is 1.52. The van der Waals surface area contributed by atoms with Crippen molar-refractivity contribution in [2.45, 2.75) is 27.0 Å². The van der Waals surface area contributed by atoms with E-state index in [0.717, 1.165) is 6.07 Å². The highest BCUT2D eigenvalue weighted by Gasteiger charge is 2.23. The van der Waals surface area contributed by atoms with Gasteiger partial charge in [0, 0.05) is 25.2 Å². The Morgan fingerprint density at radius 2 is 1.93 bits per heavy atom. The minimum Gasteiger partial charge on any atom is -0.454 e. The standard InChI is InChI=1S/C20H20F2N4O4/c1-3-24(4-2)16-10-9-13(26(28)29)11-14(16)19(27)30-12-18-23-15-7-5-6-8-17(15)25(18)20(21)22/h5-11,20H,3-4,12H2,1-2H3. The summed E-state index contributed by atoms with van der Waals surface area (Å²) in [7, 11) is 0. The van der Waals surface area contributed by atoms with Gasteiger partial charge in [0.05, 0.1) is 27.2 Å². The van der Waals surface area contributed by atoms with E-state index in [-0.39, 0.29) is 22.6 Å². The Hall–Kier alpha value is -3.56. The molecule has 0 spiro atoms. The van der Waals surface area contributed by atoms with Crippen LogP contribution >= 0.6 is 0 Å². The van der Waals surface area contributed by atoms with E-state index in [1.165, 1.54) is 18.2 Å². The third kappa shape index (κ3) is 4.07. The number of nitro groups is 1. The molecule has 0 fully saturated rings. The van der Waals surface area contributed by atoms with Gasteiger partial charge in [-0.2, -0.15) is 8.78 Å². The average molecular weight is 418 g/mol. The average Bonchev–Trinajstić information content (AvgIpc) is 3.11. The van der Waals surface area contributed by atoms with Crippen LogP contribution in [0.1, 0.15) is 36.6 Å². The number of imidazole rings is 1. The zero-order valence-corrected chi connectivity index (χ0v) is 16.4. The van der Waals surface area contributed by atoms with Gasteiger partial charge in [-0.3, -0.25) is 14.7 Å². The number of non-ortho nitro benzene ring substituents is 1. The van der Waals surface area contributed by atoms with Crippen LogP contribution < -0.4 is 4.90 Å². The van der Waals surface area contributed by atoms with Crippen molar-refractivity contribution in [1.29, 1.82) is 0 Å². The molecule has 1 heterocycles. The van der Waals surface area contributed by atoms with Crippen LogP contribution in [-0.4, -0.2) is 33.5 Å². The molecule has 0 saturated heterocycles. The topological polar surface area (TPSA) is 90.5 Å². The minimum absolute atomic E-state index is 0.00684. The molecular formula is C20H20F2N4O4. The molecule has 0 unspecified atom stereocenters. The van der Waals surface area contributed by atoms with Crippen LogP contribution in [0, 0.1) is 10.1 Å². The summed E-state index contributed by atoms with van der Waals surface area (Å²) in [4.78, 5) is 29.2. The molecule has 10 heteroatoms. The summed E-state index contributed by atoms with van der Waals surface area (Å²) in [6.07, 6.45) is 0. The summed E-state index contributed by atoms with van der Waals surface area (Å²) in [5, 5.41) is 11.1. The Kier molecular flexibility index (Phi) is 6.24. The van der Waals surface area contributed by atoms with Crippen molar-refractivity contribution in [3.05, 3.63) is 64.0 Å². The zero-order valence-electron chi connectivity index (χ0n) is 16.4. The van der Waals surface area contributed by atoms with Crippen LogP contribution in [0.5, 0.6) is 0 Å². The van der Waals surface area contributed by atoms with E-state index in [4.69, 9.17) is 4.74 Å². The fourth-order valence-electron chi connectivity index (χ4n) is 3.26. The lowest BCUT2D eigenvalue weighted by molar-refractivity contribution is -0.384. The summed E-state index contributed by atoms with van der Waals surface area (Å²) in [5.74, 6) is -0.970. The van der Waals surface area contributed by atoms with E-state index in [9.17, 15) is 23.7 Å². The second-order valence-corrected chi connectivity index (χ2v) is 6.37. The molecule has 3 rings (SSSR count). The van der Waals surface area contributed by atoms with Crippen LogP contribution in [-0.2, 0) is 11.3 Å². The summed E-state index contributed by atoms with van der Waals surface area (Å²) in [6, 6.07) is 10.3. The minimum atomic E-state index is -2.87. The van der Waals surface area contributed by atoms with Gasteiger partial charge in [-0.15, -0.1) is 0 Å². The number of carbonyl (C=O) groups excluding carboxylic acids is 1. The highest BCUT2D eigenvalue weighted by atomic mass is 19.3. The highest BCUT2D eigenvalue weighted by Crippen LogP contribution is 2.28. The maximum Gasteiger partial charge on any atom is 0.340 e. The Labute approximate surface area is 170 Å². The molecule has 0 N–H and O–H groups in total. The van der Waals surface area contributed by atoms with Crippen molar-refractivity contribution in [2.75, 3.05) is 18.0 Å². The number of carbonyl (C=O) groups is 1. The molecule has 30 heavy (non-hydrogen) atoms. The second-order valence-electron chi connectivity index (χ2n) is 6.37. The van der Waals surface area contributed by atoms with Gasteiger partial charge in [0.15, 0.2) is 5.82 Å². The molecule has 0 saturated carbocycles. The first-order chi connectivity index (χ1) is 14.4. The molecule has 0 atom stereocenters. The lowest BCUT2D eigenvalue weighted by Gasteiger charge is -2.23. The number of fused-ring (bicyclic) bond motifs is 1. The van der Waals surface area contributed by atoms with Gasteiger partial charge in [-0.25, -0.2) is 9.78 Å². The van der Waals surface area contributed by atoms with Crippen molar-refractivity contribution in [3.63, 3.8) is 0 Å². The van der Waals surface area contributed by atoms with Gasteiger partial charge in [-0.1, -0.05) is 12.1 Å². The number of para-hydroxylation sites is 2. The molecule has 0 bridgehead atoms. The first-order valence-electron chi connectivity index (χ1n) is 9.31. The number of benzene rings is 2. The fraction of sp³-hybridized carbons (Fsp3) is 0.300. The van der Waals surface area contributed by atoms with Crippen LogP contribution in [0.25, 0.3) is 11.0 Å². The van der Waals surface area contributed by atoms with E-state index in [1.807, 2.05) is 18.7 Å². The largest absolute Gasteiger partial charge is 0.454 e.